The average molecular weight is 304 g/mol. The molecule has 0 aliphatic carbocycles. The monoisotopic (exact) mass is 304 g/mol. The summed E-state index contributed by atoms with van der Waals surface area (Å²) in [7, 11) is 1.76. The standard InChI is InChI=1S/C17H28N4O/c1-5-7-16(22)21-15-9-6-8-14(10-15)12-20-17(18-4)19-11-13(2)3/h6,8-10,13H,5,7,11-12H2,1-4H3,(H,21,22)(H2,18,19,20). The maximum Gasteiger partial charge on any atom is 0.224 e. The van der Waals surface area contributed by atoms with E-state index in [0.717, 1.165) is 30.2 Å². The summed E-state index contributed by atoms with van der Waals surface area (Å²) in [5, 5.41) is 9.46. The van der Waals surface area contributed by atoms with Crippen LogP contribution in [0.2, 0.25) is 0 Å². The van der Waals surface area contributed by atoms with Crippen LogP contribution in [0.4, 0.5) is 5.69 Å². The van der Waals surface area contributed by atoms with Gasteiger partial charge in [0.25, 0.3) is 0 Å². The Labute approximate surface area is 133 Å². The van der Waals surface area contributed by atoms with Crippen LogP contribution in [0.25, 0.3) is 0 Å². The molecular formula is C17H28N4O. The molecule has 5 heteroatoms. The van der Waals surface area contributed by atoms with Crippen LogP contribution < -0.4 is 16.0 Å². The lowest BCUT2D eigenvalue weighted by Gasteiger charge is -2.14. The molecule has 122 valence electrons. The zero-order chi connectivity index (χ0) is 16.4. The minimum Gasteiger partial charge on any atom is -0.356 e. The largest absolute Gasteiger partial charge is 0.356 e. The molecule has 0 atom stereocenters. The van der Waals surface area contributed by atoms with Gasteiger partial charge in [-0.3, -0.25) is 9.79 Å². The molecule has 0 unspecified atom stereocenters. The molecule has 0 bridgehead atoms. The number of hydrogen-bond acceptors (Lipinski definition) is 2. The number of nitrogens with zero attached hydrogens (tertiary/aromatic N) is 1. The van der Waals surface area contributed by atoms with E-state index < -0.39 is 0 Å². The molecule has 0 saturated carbocycles. The van der Waals surface area contributed by atoms with Crippen LogP contribution in [0, 0.1) is 5.92 Å². The number of aliphatic imine (C=N–C) groups is 1. The topological polar surface area (TPSA) is 65.5 Å². The molecule has 1 amide bonds. The van der Waals surface area contributed by atoms with Gasteiger partial charge in [-0.2, -0.15) is 0 Å². The molecular weight excluding hydrogens is 276 g/mol. The van der Waals surface area contributed by atoms with E-state index >= 15 is 0 Å². The van der Waals surface area contributed by atoms with Crippen LogP contribution in [0.1, 0.15) is 39.2 Å². The fraction of sp³-hybridized carbons (Fsp3) is 0.529. The summed E-state index contributed by atoms with van der Waals surface area (Å²) in [6, 6.07) is 7.86. The van der Waals surface area contributed by atoms with Crippen LogP contribution in [0.5, 0.6) is 0 Å². The molecule has 0 heterocycles. The van der Waals surface area contributed by atoms with Gasteiger partial charge in [-0.05, 0) is 30.0 Å². The predicted molar refractivity (Wildman–Crippen MR) is 93.0 cm³/mol. The molecule has 0 spiro atoms. The fourth-order valence-corrected chi connectivity index (χ4v) is 1.92. The molecule has 0 saturated heterocycles. The number of hydrogen-bond donors (Lipinski definition) is 3. The zero-order valence-corrected chi connectivity index (χ0v) is 14.1. The second-order valence-corrected chi connectivity index (χ2v) is 5.70. The lowest BCUT2D eigenvalue weighted by Crippen LogP contribution is -2.38. The van der Waals surface area contributed by atoms with Gasteiger partial charge in [0.15, 0.2) is 5.96 Å². The van der Waals surface area contributed by atoms with E-state index in [1.165, 1.54) is 0 Å². The first-order valence-electron chi connectivity index (χ1n) is 7.88. The fourth-order valence-electron chi connectivity index (χ4n) is 1.92. The molecule has 1 aromatic carbocycles. The van der Waals surface area contributed by atoms with E-state index in [1.807, 2.05) is 31.2 Å². The van der Waals surface area contributed by atoms with E-state index in [1.54, 1.807) is 7.05 Å². The van der Waals surface area contributed by atoms with Gasteiger partial charge in [0.1, 0.15) is 0 Å². The van der Waals surface area contributed by atoms with E-state index in [2.05, 4.69) is 34.8 Å². The van der Waals surface area contributed by atoms with Crippen LogP contribution in [0.15, 0.2) is 29.3 Å². The van der Waals surface area contributed by atoms with Crippen molar-refractivity contribution in [2.45, 2.75) is 40.2 Å². The SMILES string of the molecule is CCCC(=O)Nc1cccc(CNC(=NC)NCC(C)C)c1. The summed E-state index contributed by atoms with van der Waals surface area (Å²) in [6.07, 6.45) is 1.40. The molecule has 3 N–H and O–H groups in total. The summed E-state index contributed by atoms with van der Waals surface area (Å²) in [5.74, 6) is 1.41. The van der Waals surface area contributed by atoms with Gasteiger partial charge in [0.2, 0.25) is 5.91 Å². The van der Waals surface area contributed by atoms with E-state index in [4.69, 9.17) is 0 Å². The number of amides is 1. The van der Waals surface area contributed by atoms with Crippen molar-refractivity contribution in [3.05, 3.63) is 29.8 Å². The summed E-state index contributed by atoms with van der Waals surface area (Å²) in [6.45, 7) is 7.85. The maximum absolute atomic E-state index is 11.6. The lowest BCUT2D eigenvalue weighted by atomic mass is 10.2. The molecule has 0 aliphatic rings. The molecule has 1 rings (SSSR count). The number of carbonyl (C=O) groups excluding carboxylic acids is 1. The zero-order valence-electron chi connectivity index (χ0n) is 14.1. The van der Waals surface area contributed by atoms with Crippen molar-refractivity contribution in [3.63, 3.8) is 0 Å². The van der Waals surface area contributed by atoms with Gasteiger partial charge in [-0.15, -0.1) is 0 Å². The number of guanidine groups is 1. The van der Waals surface area contributed by atoms with Gasteiger partial charge < -0.3 is 16.0 Å². The third-order valence-corrected chi connectivity index (χ3v) is 3.05. The predicted octanol–water partition coefficient (Wildman–Crippen LogP) is 2.75. The Kier molecular flexibility index (Phi) is 8.04. The van der Waals surface area contributed by atoms with Crippen molar-refractivity contribution in [1.29, 1.82) is 0 Å². The van der Waals surface area contributed by atoms with Crippen molar-refractivity contribution in [1.82, 2.24) is 10.6 Å². The first-order chi connectivity index (χ1) is 10.5. The van der Waals surface area contributed by atoms with Gasteiger partial charge in [-0.25, -0.2) is 0 Å². The molecule has 22 heavy (non-hydrogen) atoms. The smallest absolute Gasteiger partial charge is 0.224 e. The molecule has 1 aromatic rings. The Hall–Kier alpha value is -2.04. The summed E-state index contributed by atoms with van der Waals surface area (Å²) < 4.78 is 0. The van der Waals surface area contributed by atoms with E-state index in [0.29, 0.717) is 18.9 Å². The first kappa shape index (κ1) is 18.0. The number of carbonyl (C=O) groups is 1. The molecule has 0 aliphatic heterocycles. The average Bonchev–Trinajstić information content (AvgIpc) is 2.47. The highest BCUT2D eigenvalue weighted by Gasteiger charge is 2.03. The van der Waals surface area contributed by atoms with Crippen molar-refractivity contribution in [3.8, 4) is 0 Å². The lowest BCUT2D eigenvalue weighted by molar-refractivity contribution is -0.116. The summed E-state index contributed by atoms with van der Waals surface area (Å²) in [4.78, 5) is 15.8. The highest BCUT2D eigenvalue weighted by atomic mass is 16.1. The van der Waals surface area contributed by atoms with Crippen molar-refractivity contribution in [2.24, 2.45) is 10.9 Å². The Bertz CT molecular complexity index is 497. The summed E-state index contributed by atoms with van der Waals surface area (Å²) in [5.41, 5.74) is 1.93. The van der Waals surface area contributed by atoms with Crippen molar-refractivity contribution < 1.29 is 4.79 Å². The normalized spacial score (nSPS) is 11.4. The molecule has 0 aromatic heterocycles. The Morgan fingerprint density at radius 3 is 2.68 bits per heavy atom. The quantitative estimate of drug-likeness (QED) is 0.536. The second kappa shape index (κ2) is 9.82. The van der Waals surface area contributed by atoms with E-state index in [-0.39, 0.29) is 5.91 Å². The number of benzene rings is 1. The molecule has 5 nitrogen and oxygen atoms in total. The second-order valence-electron chi connectivity index (χ2n) is 5.70. The van der Waals surface area contributed by atoms with Crippen LogP contribution in [0.3, 0.4) is 0 Å². The third-order valence-electron chi connectivity index (χ3n) is 3.05. The van der Waals surface area contributed by atoms with Crippen LogP contribution in [-0.2, 0) is 11.3 Å². The van der Waals surface area contributed by atoms with Gasteiger partial charge >= 0.3 is 0 Å². The van der Waals surface area contributed by atoms with Crippen molar-refractivity contribution in [2.75, 3.05) is 18.9 Å². The highest BCUT2D eigenvalue weighted by Crippen LogP contribution is 2.11. The number of nitrogens with one attached hydrogen (secondary N) is 3. The molecule has 0 fully saturated rings. The van der Waals surface area contributed by atoms with Gasteiger partial charge in [-0.1, -0.05) is 32.9 Å². The number of rotatable bonds is 7. The molecule has 0 radical (unpaired) electrons. The third kappa shape index (κ3) is 7.11. The number of anilines is 1. The van der Waals surface area contributed by atoms with Gasteiger partial charge in [0, 0.05) is 32.2 Å². The van der Waals surface area contributed by atoms with E-state index in [9.17, 15) is 4.79 Å². The van der Waals surface area contributed by atoms with Gasteiger partial charge in [0.05, 0.1) is 0 Å². The van der Waals surface area contributed by atoms with Crippen LogP contribution >= 0.6 is 0 Å². The minimum absolute atomic E-state index is 0.0574. The minimum atomic E-state index is 0.0574. The Balaban J connectivity index is 2.53. The maximum atomic E-state index is 11.6. The first-order valence-corrected chi connectivity index (χ1v) is 7.88. The summed E-state index contributed by atoms with van der Waals surface area (Å²) >= 11 is 0. The highest BCUT2D eigenvalue weighted by molar-refractivity contribution is 5.90. The Morgan fingerprint density at radius 1 is 1.27 bits per heavy atom. The van der Waals surface area contributed by atoms with Crippen LogP contribution in [-0.4, -0.2) is 25.5 Å². The Morgan fingerprint density at radius 2 is 2.05 bits per heavy atom. The van der Waals surface area contributed by atoms with Crippen molar-refractivity contribution >= 4 is 17.6 Å².